The Hall–Kier alpha value is -3.58. The highest BCUT2D eigenvalue weighted by molar-refractivity contribution is 5.90. The SMILES string of the molecule is N#Cc1ccccc1NC(=O)N(Cc1ccccc1)Cc1ccccc1. The molecule has 3 aromatic carbocycles. The molecule has 0 atom stereocenters. The van der Waals surface area contributed by atoms with Crippen LogP contribution in [0.3, 0.4) is 0 Å². The van der Waals surface area contributed by atoms with Crippen molar-refractivity contribution in [3.63, 3.8) is 0 Å². The lowest BCUT2D eigenvalue weighted by atomic mass is 10.1. The first kappa shape index (κ1) is 17.2. The van der Waals surface area contributed by atoms with Gasteiger partial charge in [0.05, 0.1) is 11.3 Å². The fraction of sp³-hybridized carbons (Fsp3) is 0.0909. The van der Waals surface area contributed by atoms with E-state index < -0.39 is 0 Å². The number of hydrogen-bond donors (Lipinski definition) is 1. The highest BCUT2D eigenvalue weighted by atomic mass is 16.2. The van der Waals surface area contributed by atoms with E-state index in [0.717, 1.165) is 11.1 Å². The van der Waals surface area contributed by atoms with Gasteiger partial charge in [-0.25, -0.2) is 4.79 Å². The van der Waals surface area contributed by atoms with Gasteiger partial charge in [0.2, 0.25) is 0 Å². The van der Waals surface area contributed by atoms with Crippen LogP contribution in [0.15, 0.2) is 84.9 Å². The van der Waals surface area contributed by atoms with Crippen LogP contribution in [0.2, 0.25) is 0 Å². The van der Waals surface area contributed by atoms with Crippen LogP contribution in [0.4, 0.5) is 10.5 Å². The number of rotatable bonds is 5. The summed E-state index contributed by atoms with van der Waals surface area (Å²) in [6.45, 7) is 0.965. The predicted octanol–water partition coefficient (Wildman–Crippen LogP) is 4.79. The van der Waals surface area contributed by atoms with Crippen LogP contribution in [-0.2, 0) is 13.1 Å². The van der Waals surface area contributed by atoms with Crippen molar-refractivity contribution in [2.45, 2.75) is 13.1 Å². The van der Waals surface area contributed by atoms with Gasteiger partial charge in [0.15, 0.2) is 0 Å². The lowest BCUT2D eigenvalue weighted by Gasteiger charge is -2.24. The predicted molar refractivity (Wildman–Crippen MR) is 102 cm³/mol. The number of hydrogen-bond acceptors (Lipinski definition) is 2. The number of nitrogens with zero attached hydrogens (tertiary/aromatic N) is 2. The number of para-hydroxylation sites is 1. The zero-order valence-corrected chi connectivity index (χ0v) is 14.3. The summed E-state index contributed by atoms with van der Waals surface area (Å²) in [4.78, 5) is 14.6. The molecule has 3 rings (SSSR count). The first-order valence-electron chi connectivity index (χ1n) is 8.39. The van der Waals surface area contributed by atoms with Crippen LogP contribution in [0.25, 0.3) is 0 Å². The first-order valence-corrected chi connectivity index (χ1v) is 8.39. The van der Waals surface area contributed by atoms with E-state index in [2.05, 4.69) is 11.4 Å². The van der Waals surface area contributed by atoms with Crippen LogP contribution in [0.1, 0.15) is 16.7 Å². The molecule has 0 unspecified atom stereocenters. The summed E-state index contributed by atoms with van der Waals surface area (Å²) in [6.07, 6.45) is 0. The van der Waals surface area contributed by atoms with E-state index in [1.807, 2.05) is 60.7 Å². The van der Waals surface area contributed by atoms with Gasteiger partial charge in [-0.2, -0.15) is 5.26 Å². The van der Waals surface area contributed by atoms with E-state index in [-0.39, 0.29) is 6.03 Å². The molecule has 0 fully saturated rings. The molecule has 0 aromatic heterocycles. The second-order valence-corrected chi connectivity index (χ2v) is 5.91. The molecule has 4 nitrogen and oxygen atoms in total. The highest BCUT2D eigenvalue weighted by Crippen LogP contribution is 2.16. The molecule has 26 heavy (non-hydrogen) atoms. The lowest BCUT2D eigenvalue weighted by molar-refractivity contribution is 0.206. The van der Waals surface area contributed by atoms with Crippen molar-refractivity contribution in [1.29, 1.82) is 5.26 Å². The summed E-state index contributed by atoms with van der Waals surface area (Å²) in [6, 6.07) is 28.6. The minimum Gasteiger partial charge on any atom is -0.316 e. The second kappa shape index (κ2) is 8.50. The number of carbonyl (C=O) groups is 1. The Labute approximate surface area is 153 Å². The van der Waals surface area contributed by atoms with Gasteiger partial charge in [0, 0.05) is 13.1 Å². The van der Waals surface area contributed by atoms with E-state index in [1.54, 1.807) is 29.2 Å². The number of benzene rings is 3. The van der Waals surface area contributed by atoms with Crippen LogP contribution in [-0.4, -0.2) is 10.9 Å². The minimum atomic E-state index is -0.236. The fourth-order valence-corrected chi connectivity index (χ4v) is 2.69. The van der Waals surface area contributed by atoms with Crippen molar-refractivity contribution >= 4 is 11.7 Å². The van der Waals surface area contributed by atoms with E-state index >= 15 is 0 Å². The molecular weight excluding hydrogens is 322 g/mol. The third-order valence-electron chi connectivity index (χ3n) is 4.01. The van der Waals surface area contributed by atoms with E-state index in [0.29, 0.717) is 24.3 Å². The van der Waals surface area contributed by atoms with Gasteiger partial charge in [-0.3, -0.25) is 0 Å². The molecule has 0 aliphatic carbocycles. The second-order valence-electron chi connectivity index (χ2n) is 5.91. The summed E-state index contributed by atoms with van der Waals surface area (Å²) in [5.74, 6) is 0. The van der Waals surface area contributed by atoms with Crippen molar-refractivity contribution in [3.05, 3.63) is 102 Å². The Morgan fingerprint density at radius 3 is 1.85 bits per heavy atom. The molecule has 4 heteroatoms. The number of carbonyl (C=O) groups excluding carboxylic acids is 1. The highest BCUT2D eigenvalue weighted by Gasteiger charge is 2.16. The van der Waals surface area contributed by atoms with Crippen molar-refractivity contribution < 1.29 is 4.79 Å². The fourth-order valence-electron chi connectivity index (χ4n) is 2.69. The van der Waals surface area contributed by atoms with Gasteiger partial charge in [0.1, 0.15) is 6.07 Å². The molecule has 0 radical (unpaired) electrons. The first-order chi connectivity index (χ1) is 12.8. The molecule has 0 heterocycles. The molecule has 0 saturated heterocycles. The van der Waals surface area contributed by atoms with Crippen molar-refractivity contribution in [2.24, 2.45) is 0 Å². The summed E-state index contributed by atoms with van der Waals surface area (Å²) < 4.78 is 0. The van der Waals surface area contributed by atoms with Crippen LogP contribution in [0.5, 0.6) is 0 Å². The van der Waals surface area contributed by atoms with Crippen molar-refractivity contribution in [2.75, 3.05) is 5.32 Å². The zero-order valence-electron chi connectivity index (χ0n) is 14.3. The van der Waals surface area contributed by atoms with E-state index in [9.17, 15) is 10.1 Å². The Morgan fingerprint density at radius 2 is 1.31 bits per heavy atom. The zero-order chi connectivity index (χ0) is 18.2. The number of amides is 2. The molecule has 3 aromatic rings. The van der Waals surface area contributed by atoms with Gasteiger partial charge in [-0.05, 0) is 23.3 Å². The minimum absolute atomic E-state index is 0.236. The van der Waals surface area contributed by atoms with E-state index in [4.69, 9.17) is 0 Å². The van der Waals surface area contributed by atoms with Gasteiger partial charge in [-0.15, -0.1) is 0 Å². The maximum atomic E-state index is 12.9. The standard InChI is InChI=1S/C22H19N3O/c23-15-20-13-7-8-14-21(20)24-22(26)25(16-18-9-3-1-4-10-18)17-19-11-5-2-6-12-19/h1-14H,16-17H2,(H,24,26). The summed E-state index contributed by atoms with van der Waals surface area (Å²) in [7, 11) is 0. The van der Waals surface area contributed by atoms with Crippen molar-refractivity contribution in [3.8, 4) is 6.07 Å². The maximum absolute atomic E-state index is 12.9. The number of urea groups is 1. The smallest absolute Gasteiger partial charge is 0.316 e. The summed E-state index contributed by atoms with van der Waals surface area (Å²) in [5, 5.41) is 12.1. The number of nitriles is 1. The molecule has 1 N–H and O–H groups in total. The lowest BCUT2D eigenvalue weighted by Crippen LogP contribution is -2.34. The Morgan fingerprint density at radius 1 is 0.808 bits per heavy atom. The largest absolute Gasteiger partial charge is 0.322 e. The average Bonchev–Trinajstić information content (AvgIpc) is 2.69. The van der Waals surface area contributed by atoms with Crippen LogP contribution in [0, 0.1) is 11.3 Å². The van der Waals surface area contributed by atoms with Gasteiger partial charge >= 0.3 is 6.03 Å². The van der Waals surface area contributed by atoms with Crippen LogP contribution >= 0.6 is 0 Å². The molecule has 0 saturated carbocycles. The van der Waals surface area contributed by atoms with Gasteiger partial charge in [0.25, 0.3) is 0 Å². The Balaban J connectivity index is 1.82. The Bertz CT molecular complexity index is 860. The number of anilines is 1. The molecule has 0 aliphatic heterocycles. The maximum Gasteiger partial charge on any atom is 0.322 e. The molecular formula is C22H19N3O. The number of nitrogens with one attached hydrogen (secondary N) is 1. The topological polar surface area (TPSA) is 56.1 Å². The van der Waals surface area contributed by atoms with Gasteiger partial charge in [-0.1, -0.05) is 72.8 Å². The summed E-state index contributed by atoms with van der Waals surface area (Å²) >= 11 is 0. The molecule has 0 spiro atoms. The average molecular weight is 341 g/mol. The quantitative estimate of drug-likeness (QED) is 0.725. The van der Waals surface area contributed by atoms with Crippen molar-refractivity contribution in [1.82, 2.24) is 4.90 Å². The Kier molecular flexibility index (Phi) is 5.64. The van der Waals surface area contributed by atoms with Gasteiger partial charge < -0.3 is 10.2 Å². The normalized spacial score (nSPS) is 9.96. The molecule has 0 aliphatic rings. The van der Waals surface area contributed by atoms with Crippen LogP contribution < -0.4 is 5.32 Å². The van der Waals surface area contributed by atoms with E-state index in [1.165, 1.54) is 0 Å². The molecule has 128 valence electrons. The third kappa shape index (κ3) is 4.49. The molecule has 0 bridgehead atoms. The molecule has 2 amide bonds. The monoisotopic (exact) mass is 341 g/mol. The third-order valence-corrected chi connectivity index (χ3v) is 4.01. The summed E-state index contributed by atoms with van der Waals surface area (Å²) in [5.41, 5.74) is 3.06.